The number of hydrogen-bond acceptors (Lipinski definition) is 4. The smallest absolute Gasteiger partial charge is 0.240 e. The van der Waals surface area contributed by atoms with E-state index in [1.165, 1.54) is 0 Å². The van der Waals surface area contributed by atoms with Crippen molar-refractivity contribution in [3.8, 4) is 0 Å². The van der Waals surface area contributed by atoms with E-state index in [2.05, 4.69) is 34.2 Å². The minimum absolute atomic E-state index is 0.0156. The summed E-state index contributed by atoms with van der Waals surface area (Å²) >= 11 is 0. The standard InChI is InChI=1S/C19H32N4O3S/c1-15(2)10-11-21-19(20-3)22-13-16-6-8-18(9-7-16)27(24,25)23-14-17-5-4-12-26-17/h6-9,15,17,23H,4-5,10-14H2,1-3H3,(H2,20,21,22). The first-order valence-electron chi connectivity index (χ1n) is 9.55. The van der Waals surface area contributed by atoms with Crippen LogP contribution in [0.5, 0.6) is 0 Å². The minimum atomic E-state index is -3.51. The summed E-state index contributed by atoms with van der Waals surface area (Å²) in [5, 5.41) is 6.51. The molecule has 1 aliphatic rings. The third-order valence-electron chi connectivity index (χ3n) is 4.46. The molecule has 0 spiro atoms. The van der Waals surface area contributed by atoms with Crippen molar-refractivity contribution < 1.29 is 13.2 Å². The molecule has 1 fully saturated rings. The first kappa shape index (κ1) is 21.7. The van der Waals surface area contributed by atoms with E-state index in [-0.39, 0.29) is 11.0 Å². The summed E-state index contributed by atoms with van der Waals surface area (Å²) in [7, 11) is -1.77. The number of nitrogens with one attached hydrogen (secondary N) is 3. The summed E-state index contributed by atoms with van der Waals surface area (Å²) in [6.45, 7) is 6.84. The van der Waals surface area contributed by atoms with Gasteiger partial charge in [-0.2, -0.15) is 0 Å². The van der Waals surface area contributed by atoms with Gasteiger partial charge in [0.05, 0.1) is 11.0 Å². The van der Waals surface area contributed by atoms with Gasteiger partial charge in [-0.1, -0.05) is 26.0 Å². The second-order valence-corrected chi connectivity index (χ2v) is 8.93. The molecular weight excluding hydrogens is 364 g/mol. The third-order valence-corrected chi connectivity index (χ3v) is 5.90. The topological polar surface area (TPSA) is 91.8 Å². The summed E-state index contributed by atoms with van der Waals surface area (Å²) in [6.07, 6.45) is 2.95. The molecule has 2 rings (SSSR count). The number of benzene rings is 1. The lowest BCUT2D eigenvalue weighted by Crippen LogP contribution is -2.37. The lowest BCUT2D eigenvalue weighted by Gasteiger charge is -2.14. The second kappa shape index (κ2) is 10.6. The van der Waals surface area contributed by atoms with Crippen LogP contribution in [0.1, 0.15) is 38.7 Å². The number of sulfonamides is 1. The number of hydrogen-bond donors (Lipinski definition) is 3. The van der Waals surface area contributed by atoms with Crippen molar-refractivity contribution in [2.75, 3.05) is 26.7 Å². The molecule has 0 saturated carbocycles. The number of aliphatic imine (C=N–C) groups is 1. The molecule has 0 amide bonds. The Morgan fingerprint density at radius 3 is 2.59 bits per heavy atom. The monoisotopic (exact) mass is 396 g/mol. The Balaban J connectivity index is 1.82. The molecule has 8 heteroatoms. The Labute approximate surface area is 163 Å². The summed E-state index contributed by atoms with van der Waals surface area (Å²) in [6, 6.07) is 6.89. The lowest BCUT2D eigenvalue weighted by molar-refractivity contribution is 0.114. The van der Waals surface area contributed by atoms with Crippen LogP contribution >= 0.6 is 0 Å². The first-order chi connectivity index (χ1) is 12.9. The van der Waals surface area contributed by atoms with Gasteiger partial charge in [0.15, 0.2) is 5.96 Å². The summed E-state index contributed by atoms with van der Waals surface area (Å²) in [4.78, 5) is 4.46. The molecular formula is C19H32N4O3S. The van der Waals surface area contributed by atoms with Crippen LogP contribution in [0.2, 0.25) is 0 Å². The Morgan fingerprint density at radius 1 is 1.26 bits per heavy atom. The molecule has 3 N–H and O–H groups in total. The van der Waals surface area contributed by atoms with Crippen LogP contribution in [0.15, 0.2) is 34.2 Å². The highest BCUT2D eigenvalue weighted by Gasteiger charge is 2.20. The Bertz CT molecular complexity index is 696. The van der Waals surface area contributed by atoms with E-state index in [9.17, 15) is 8.42 Å². The van der Waals surface area contributed by atoms with E-state index >= 15 is 0 Å². The van der Waals surface area contributed by atoms with E-state index in [0.29, 0.717) is 25.6 Å². The number of nitrogens with zero attached hydrogens (tertiary/aromatic N) is 1. The second-order valence-electron chi connectivity index (χ2n) is 7.17. The Morgan fingerprint density at radius 2 is 2.00 bits per heavy atom. The molecule has 1 heterocycles. The SMILES string of the molecule is CN=C(NCCC(C)C)NCc1ccc(S(=O)(=O)NCC2CCCO2)cc1. The molecule has 27 heavy (non-hydrogen) atoms. The molecule has 0 radical (unpaired) electrons. The number of ether oxygens (including phenoxy) is 1. The van der Waals surface area contributed by atoms with Crippen molar-refractivity contribution >= 4 is 16.0 Å². The van der Waals surface area contributed by atoms with Gasteiger partial charge in [-0.3, -0.25) is 4.99 Å². The summed E-state index contributed by atoms with van der Waals surface area (Å²) < 4.78 is 32.8. The van der Waals surface area contributed by atoms with Crippen LogP contribution in [0.3, 0.4) is 0 Å². The van der Waals surface area contributed by atoms with Gasteiger partial charge in [0.1, 0.15) is 0 Å². The quantitative estimate of drug-likeness (QED) is 0.438. The third kappa shape index (κ3) is 7.48. The van der Waals surface area contributed by atoms with Crippen LogP contribution in [0.25, 0.3) is 0 Å². The fourth-order valence-corrected chi connectivity index (χ4v) is 3.83. The molecule has 0 aromatic heterocycles. The Kier molecular flexibility index (Phi) is 8.53. The van der Waals surface area contributed by atoms with Gasteiger partial charge in [0, 0.05) is 33.3 Å². The maximum Gasteiger partial charge on any atom is 0.240 e. The van der Waals surface area contributed by atoms with E-state index in [1.807, 2.05) is 12.1 Å². The van der Waals surface area contributed by atoms with E-state index < -0.39 is 10.0 Å². The van der Waals surface area contributed by atoms with Crippen molar-refractivity contribution in [2.24, 2.45) is 10.9 Å². The van der Waals surface area contributed by atoms with Gasteiger partial charge in [0.25, 0.3) is 0 Å². The molecule has 1 aromatic rings. The lowest BCUT2D eigenvalue weighted by atomic mass is 10.1. The zero-order valence-corrected chi connectivity index (χ0v) is 17.3. The summed E-state index contributed by atoms with van der Waals surface area (Å²) in [5.41, 5.74) is 0.986. The van der Waals surface area contributed by atoms with Gasteiger partial charge >= 0.3 is 0 Å². The number of guanidine groups is 1. The maximum absolute atomic E-state index is 12.4. The fraction of sp³-hybridized carbons (Fsp3) is 0.632. The summed E-state index contributed by atoms with van der Waals surface area (Å²) in [5.74, 6) is 1.38. The predicted octanol–water partition coefficient (Wildman–Crippen LogP) is 1.85. The van der Waals surface area contributed by atoms with Gasteiger partial charge in [-0.25, -0.2) is 13.1 Å². The van der Waals surface area contributed by atoms with Crippen LogP contribution in [0, 0.1) is 5.92 Å². The molecule has 7 nitrogen and oxygen atoms in total. The zero-order chi connectivity index (χ0) is 19.7. The van der Waals surface area contributed by atoms with Gasteiger partial charge in [-0.05, 0) is 42.9 Å². The average Bonchev–Trinajstić information content (AvgIpc) is 3.17. The normalized spacial score (nSPS) is 18.1. The van der Waals surface area contributed by atoms with Crippen molar-refractivity contribution in [3.63, 3.8) is 0 Å². The molecule has 1 atom stereocenters. The van der Waals surface area contributed by atoms with Crippen molar-refractivity contribution in [3.05, 3.63) is 29.8 Å². The van der Waals surface area contributed by atoms with Crippen LogP contribution < -0.4 is 15.4 Å². The van der Waals surface area contributed by atoms with Crippen LogP contribution in [0.4, 0.5) is 0 Å². The van der Waals surface area contributed by atoms with Gasteiger partial charge < -0.3 is 15.4 Å². The highest BCUT2D eigenvalue weighted by Crippen LogP contribution is 2.14. The predicted molar refractivity (Wildman–Crippen MR) is 108 cm³/mol. The zero-order valence-electron chi connectivity index (χ0n) is 16.5. The first-order valence-corrected chi connectivity index (χ1v) is 11.0. The minimum Gasteiger partial charge on any atom is -0.377 e. The van der Waals surface area contributed by atoms with Crippen molar-refractivity contribution in [1.29, 1.82) is 0 Å². The molecule has 1 unspecified atom stereocenters. The van der Waals surface area contributed by atoms with Crippen molar-refractivity contribution in [2.45, 2.75) is 50.7 Å². The van der Waals surface area contributed by atoms with E-state index in [0.717, 1.165) is 37.3 Å². The van der Waals surface area contributed by atoms with Gasteiger partial charge in [0.2, 0.25) is 10.0 Å². The molecule has 1 saturated heterocycles. The van der Waals surface area contributed by atoms with Crippen molar-refractivity contribution in [1.82, 2.24) is 15.4 Å². The Hall–Kier alpha value is -1.64. The van der Waals surface area contributed by atoms with Gasteiger partial charge in [-0.15, -0.1) is 0 Å². The molecule has 0 bridgehead atoms. The molecule has 1 aromatic carbocycles. The molecule has 1 aliphatic heterocycles. The fourth-order valence-electron chi connectivity index (χ4n) is 2.76. The largest absolute Gasteiger partial charge is 0.377 e. The van der Waals surface area contributed by atoms with E-state index in [4.69, 9.17) is 4.74 Å². The van der Waals surface area contributed by atoms with E-state index in [1.54, 1.807) is 19.2 Å². The average molecular weight is 397 g/mol. The van der Waals surface area contributed by atoms with Crippen LogP contribution in [-0.4, -0.2) is 47.2 Å². The highest BCUT2D eigenvalue weighted by molar-refractivity contribution is 7.89. The molecule has 152 valence electrons. The highest BCUT2D eigenvalue weighted by atomic mass is 32.2. The number of rotatable bonds is 9. The molecule has 0 aliphatic carbocycles. The maximum atomic E-state index is 12.4. The van der Waals surface area contributed by atoms with Crippen LogP contribution in [-0.2, 0) is 21.3 Å².